The van der Waals surface area contributed by atoms with E-state index >= 15 is 0 Å². The highest BCUT2D eigenvalue weighted by Crippen LogP contribution is 2.17. The van der Waals surface area contributed by atoms with Crippen LogP contribution in [-0.2, 0) is 11.4 Å². The largest absolute Gasteiger partial charge is 0.591 e. The van der Waals surface area contributed by atoms with Gasteiger partial charge in [-0.15, -0.1) is 0 Å². The standard InChI is InChI=1S/C10H12BrFN2OS/c1-10(2,3)16(15)14-5-7-4-8(11)9(12)6-13-7/h4-6H,1-3H3/b14-5+. The molecule has 0 radical (unpaired) electrons. The summed E-state index contributed by atoms with van der Waals surface area (Å²) in [6.45, 7) is 5.48. The molecule has 0 aliphatic carbocycles. The van der Waals surface area contributed by atoms with Gasteiger partial charge in [-0.05, 0) is 42.8 Å². The average molecular weight is 307 g/mol. The zero-order chi connectivity index (χ0) is 12.3. The molecular formula is C10H12BrFN2OS. The van der Waals surface area contributed by atoms with Crippen LogP contribution in [0.25, 0.3) is 0 Å². The minimum Gasteiger partial charge on any atom is -0.591 e. The summed E-state index contributed by atoms with van der Waals surface area (Å²) in [7, 11) is 0. The SMILES string of the molecule is CC(C)(C)[S+]([O-])/N=C/c1cc(Br)c(F)cn1. The highest BCUT2D eigenvalue weighted by atomic mass is 79.9. The van der Waals surface area contributed by atoms with Crippen molar-refractivity contribution >= 4 is 33.5 Å². The number of halogens is 2. The fourth-order valence-corrected chi connectivity index (χ4v) is 1.62. The Balaban J connectivity index is 2.81. The van der Waals surface area contributed by atoms with Crippen molar-refractivity contribution < 1.29 is 8.94 Å². The lowest BCUT2D eigenvalue weighted by Crippen LogP contribution is -2.25. The summed E-state index contributed by atoms with van der Waals surface area (Å²) in [5.41, 5.74) is 0.464. The van der Waals surface area contributed by atoms with E-state index in [1.54, 1.807) is 0 Å². The van der Waals surface area contributed by atoms with Crippen LogP contribution < -0.4 is 0 Å². The molecule has 1 unspecified atom stereocenters. The van der Waals surface area contributed by atoms with Crippen LogP contribution in [0, 0.1) is 5.82 Å². The molecule has 1 heterocycles. The van der Waals surface area contributed by atoms with E-state index in [1.165, 1.54) is 12.3 Å². The molecule has 0 aromatic carbocycles. The molecule has 0 amide bonds. The maximum Gasteiger partial charge on any atom is 0.155 e. The van der Waals surface area contributed by atoms with Crippen LogP contribution in [0.2, 0.25) is 0 Å². The third kappa shape index (κ3) is 3.84. The molecule has 0 N–H and O–H groups in total. The fourth-order valence-electron chi connectivity index (χ4n) is 0.760. The number of hydrogen-bond acceptors (Lipinski definition) is 3. The van der Waals surface area contributed by atoms with Gasteiger partial charge in [-0.25, -0.2) is 4.39 Å². The Labute approximate surface area is 106 Å². The molecule has 0 saturated carbocycles. The summed E-state index contributed by atoms with van der Waals surface area (Å²) >= 11 is 1.71. The van der Waals surface area contributed by atoms with Gasteiger partial charge in [0.2, 0.25) is 0 Å². The van der Waals surface area contributed by atoms with Crippen molar-refractivity contribution in [2.75, 3.05) is 0 Å². The topological polar surface area (TPSA) is 48.3 Å². The molecule has 0 bridgehead atoms. The Bertz CT molecular complexity index is 406. The van der Waals surface area contributed by atoms with Crippen LogP contribution >= 0.6 is 15.9 Å². The minimum atomic E-state index is -1.33. The number of nitrogens with zero attached hydrogens (tertiary/aromatic N) is 2. The first-order valence-corrected chi connectivity index (χ1v) is 6.48. The predicted molar refractivity (Wildman–Crippen MR) is 67.4 cm³/mol. The Morgan fingerprint density at radius 3 is 2.69 bits per heavy atom. The van der Waals surface area contributed by atoms with Gasteiger partial charge >= 0.3 is 0 Å². The highest BCUT2D eigenvalue weighted by Gasteiger charge is 2.25. The molecule has 6 heteroatoms. The van der Waals surface area contributed by atoms with Gasteiger partial charge in [-0.3, -0.25) is 4.98 Å². The Morgan fingerprint density at radius 1 is 1.56 bits per heavy atom. The minimum absolute atomic E-state index is 0.311. The third-order valence-electron chi connectivity index (χ3n) is 1.63. The third-order valence-corrected chi connectivity index (χ3v) is 3.59. The van der Waals surface area contributed by atoms with Crippen molar-refractivity contribution in [1.29, 1.82) is 0 Å². The highest BCUT2D eigenvalue weighted by molar-refractivity contribution is 9.10. The Hall–Kier alpha value is -0.460. The molecule has 0 fully saturated rings. The quantitative estimate of drug-likeness (QED) is 0.623. The lowest BCUT2D eigenvalue weighted by atomic mass is 10.3. The van der Waals surface area contributed by atoms with Crippen molar-refractivity contribution in [3.05, 3.63) is 28.2 Å². The Morgan fingerprint density at radius 2 is 2.19 bits per heavy atom. The van der Waals surface area contributed by atoms with Crippen molar-refractivity contribution in [3.8, 4) is 0 Å². The molecule has 0 aliphatic rings. The number of rotatable bonds is 2. The van der Waals surface area contributed by atoms with E-state index in [9.17, 15) is 8.94 Å². The first-order valence-electron chi connectivity index (χ1n) is 4.58. The van der Waals surface area contributed by atoms with Gasteiger partial charge in [0, 0.05) is 0 Å². The van der Waals surface area contributed by atoms with Crippen molar-refractivity contribution in [2.45, 2.75) is 25.5 Å². The number of pyridine rings is 1. The summed E-state index contributed by atoms with van der Waals surface area (Å²) in [6, 6.07) is 1.48. The maximum atomic E-state index is 12.9. The van der Waals surface area contributed by atoms with Crippen LogP contribution in [0.1, 0.15) is 26.5 Å². The first kappa shape index (κ1) is 13.6. The van der Waals surface area contributed by atoms with E-state index < -0.39 is 21.9 Å². The van der Waals surface area contributed by atoms with Crippen LogP contribution in [0.15, 0.2) is 21.1 Å². The second-order valence-electron chi connectivity index (χ2n) is 4.12. The van der Waals surface area contributed by atoms with Gasteiger partial charge in [0.1, 0.15) is 22.3 Å². The zero-order valence-electron chi connectivity index (χ0n) is 9.20. The lowest BCUT2D eigenvalue weighted by Gasteiger charge is -2.17. The van der Waals surface area contributed by atoms with E-state index in [4.69, 9.17) is 0 Å². The maximum absolute atomic E-state index is 12.9. The van der Waals surface area contributed by atoms with Gasteiger partial charge < -0.3 is 4.55 Å². The molecule has 1 rings (SSSR count). The summed E-state index contributed by atoms with van der Waals surface area (Å²) < 4.78 is 28.2. The summed E-state index contributed by atoms with van der Waals surface area (Å²) in [5.74, 6) is -0.436. The van der Waals surface area contributed by atoms with E-state index in [0.717, 1.165) is 6.20 Å². The zero-order valence-corrected chi connectivity index (χ0v) is 11.6. The fraction of sp³-hybridized carbons (Fsp3) is 0.400. The van der Waals surface area contributed by atoms with E-state index in [0.29, 0.717) is 10.2 Å². The lowest BCUT2D eigenvalue weighted by molar-refractivity contribution is 0.562. The summed E-state index contributed by atoms with van der Waals surface area (Å²) in [4.78, 5) is 3.80. The van der Waals surface area contributed by atoms with Gasteiger partial charge in [0.15, 0.2) is 5.82 Å². The van der Waals surface area contributed by atoms with Gasteiger partial charge in [-0.2, -0.15) is 0 Å². The van der Waals surface area contributed by atoms with Gasteiger partial charge in [0.05, 0.1) is 16.4 Å². The van der Waals surface area contributed by atoms with Crippen LogP contribution in [0.4, 0.5) is 4.39 Å². The molecule has 0 spiro atoms. The number of aromatic nitrogens is 1. The van der Waals surface area contributed by atoms with Gasteiger partial charge in [0.25, 0.3) is 0 Å². The van der Waals surface area contributed by atoms with Crippen molar-refractivity contribution in [2.24, 2.45) is 4.40 Å². The summed E-state index contributed by atoms with van der Waals surface area (Å²) in [5, 5.41) is 0. The molecule has 3 nitrogen and oxygen atoms in total. The van der Waals surface area contributed by atoms with Crippen LogP contribution in [-0.4, -0.2) is 20.5 Å². The Kier molecular flexibility index (Phi) is 4.46. The van der Waals surface area contributed by atoms with E-state index in [2.05, 4.69) is 25.3 Å². The van der Waals surface area contributed by atoms with Crippen molar-refractivity contribution in [1.82, 2.24) is 4.98 Å². The molecule has 0 saturated heterocycles. The second kappa shape index (κ2) is 5.25. The van der Waals surface area contributed by atoms with Gasteiger partial charge in [-0.1, -0.05) is 4.40 Å². The molecule has 16 heavy (non-hydrogen) atoms. The monoisotopic (exact) mass is 306 g/mol. The van der Waals surface area contributed by atoms with E-state index in [-0.39, 0.29) is 0 Å². The van der Waals surface area contributed by atoms with Crippen molar-refractivity contribution in [3.63, 3.8) is 0 Å². The molecular weight excluding hydrogens is 295 g/mol. The van der Waals surface area contributed by atoms with Crippen LogP contribution in [0.5, 0.6) is 0 Å². The molecule has 1 aromatic rings. The molecule has 1 aromatic heterocycles. The smallest absolute Gasteiger partial charge is 0.155 e. The molecule has 88 valence electrons. The normalized spacial score (nSPS) is 14.4. The average Bonchev–Trinajstić information content (AvgIpc) is 2.18. The molecule has 0 aliphatic heterocycles. The predicted octanol–water partition coefficient (Wildman–Crippen LogP) is 2.86. The first-order chi connectivity index (χ1) is 7.30. The number of hydrogen-bond donors (Lipinski definition) is 0. The molecule has 1 atom stereocenters. The summed E-state index contributed by atoms with van der Waals surface area (Å²) in [6.07, 6.45) is 2.47. The van der Waals surface area contributed by atoms with Crippen LogP contribution in [0.3, 0.4) is 0 Å². The van der Waals surface area contributed by atoms with E-state index in [1.807, 2.05) is 20.8 Å². The second-order valence-corrected chi connectivity index (χ2v) is 6.91.